The number of esters is 1. The lowest BCUT2D eigenvalue weighted by Crippen LogP contribution is -2.16. The van der Waals surface area contributed by atoms with Gasteiger partial charge in [-0.05, 0) is 44.0 Å². The highest BCUT2D eigenvalue weighted by Gasteiger charge is 2.22. The SMILES string of the molecule is CCOC(=O)c1c(NC(=O)CSc2nnc3scc(-c4ccc(Cl)cc4)n23)sc(C)c1C. The molecule has 0 spiro atoms. The number of thiophene rings is 1. The number of rotatable bonds is 7. The molecule has 0 unspecified atom stereocenters. The first kappa shape index (κ1) is 22.8. The Morgan fingerprint density at radius 3 is 2.69 bits per heavy atom. The Labute approximate surface area is 201 Å². The molecule has 3 heterocycles. The maximum absolute atomic E-state index is 12.7. The average Bonchev–Trinajstić information content (AvgIpc) is 3.42. The van der Waals surface area contributed by atoms with Crippen molar-refractivity contribution in [2.75, 3.05) is 17.7 Å². The number of amides is 1. The number of ether oxygens (including phenoxy) is 1. The van der Waals surface area contributed by atoms with E-state index in [0.29, 0.717) is 20.7 Å². The van der Waals surface area contributed by atoms with Crippen LogP contribution in [0.15, 0.2) is 34.8 Å². The molecule has 0 aliphatic carbocycles. The number of anilines is 1. The Morgan fingerprint density at radius 2 is 1.97 bits per heavy atom. The van der Waals surface area contributed by atoms with E-state index in [4.69, 9.17) is 16.3 Å². The number of hydrogen-bond acceptors (Lipinski definition) is 8. The third kappa shape index (κ3) is 4.54. The predicted octanol–water partition coefficient (Wildman–Crippen LogP) is 5.70. The van der Waals surface area contributed by atoms with Gasteiger partial charge in [-0.2, -0.15) is 0 Å². The molecule has 3 aromatic heterocycles. The van der Waals surface area contributed by atoms with Gasteiger partial charge in [-0.1, -0.05) is 35.5 Å². The van der Waals surface area contributed by atoms with Crippen molar-refractivity contribution in [3.05, 3.63) is 50.7 Å². The molecule has 11 heteroatoms. The van der Waals surface area contributed by atoms with Gasteiger partial charge >= 0.3 is 5.97 Å². The Morgan fingerprint density at radius 1 is 1.22 bits per heavy atom. The van der Waals surface area contributed by atoms with Crippen LogP contribution in [0.4, 0.5) is 5.00 Å². The van der Waals surface area contributed by atoms with Crippen LogP contribution in [-0.4, -0.2) is 38.8 Å². The van der Waals surface area contributed by atoms with Gasteiger partial charge < -0.3 is 10.1 Å². The lowest BCUT2D eigenvalue weighted by atomic mass is 10.1. The molecule has 1 N–H and O–H groups in total. The van der Waals surface area contributed by atoms with Crippen molar-refractivity contribution in [3.63, 3.8) is 0 Å². The van der Waals surface area contributed by atoms with Crippen molar-refractivity contribution < 1.29 is 14.3 Å². The summed E-state index contributed by atoms with van der Waals surface area (Å²) in [6.07, 6.45) is 0. The highest BCUT2D eigenvalue weighted by atomic mass is 35.5. The lowest BCUT2D eigenvalue weighted by molar-refractivity contribution is -0.113. The summed E-state index contributed by atoms with van der Waals surface area (Å²) >= 11 is 10.1. The Hall–Kier alpha value is -2.40. The molecule has 32 heavy (non-hydrogen) atoms. The molecule has 0 aliphatic heterocycles. The minimum atomic E-state index is -0.428. The Balaban J connectivity index is 1.51. The van der Waals surface area contributed by atoms with Crippen LogP contribution in [0.25, 0.3) is 16.2 Å². The molecular formula is C21H19ClN4O3S3. The Kier molecular flexibility index (Phi) is 6.85. The highest BCUT2D eigenvalue weighted by molar-refractivity contribution is 7.99. The van der Waals surface area contributed by atoms with E-state index in [9.17, 15) is 9.59 Å². The highest BCUT2D eigenvalue weighted by Crippen LogP contribution is 2.34. The molecule has 7 nitrogen and oxygen atoms in total. The van der Waals surface area contributed by atoms with E-state index < -0.39 is 5.97 Å². The zero-order chi connectivity index (χ0) is 22.8. The van der Waals surface area contributed by atoms with E-state index in [1.54, 1.807) is 6.92 Å². The number of aryl methyl sites for hydroxylation is 1. The molecule has 1 amide bonds. The molecule has 0 saturated heterocycles. The second-order valence-corrected chi connectivity index (χ2v) is 10.2. The van der Waals surface area contributed by atoms with Crippen LogP contribution >= 0.6 is 46.0 Å². The molecule has 1 aromatic carbocycles. The van der Waals surface area contributed by atoms with E-state index >= 15 is 0 Å². The number of nitrogens with one attached hydrogen (secondary N) is 1. The number of thioether (sulfide) groups is 1. The second-order valence-electron chi connectivity index (χ2n) is 6.77. The molecule has 0 radical (unpaired) electrons. The van der Waals surface area contributed by atoms with Crippen LogP contribution in [0, 0.1) is 13.8 Å². The topological polar surface area (TPSA) is 85.6 Å². The van der Waals surface area contributed by atoms with Gasteiger partial charge in [0.2, 0.25) is 10.9 Å². The standard InChI is InChI=1S/C21H19ClN4O3S3/c1-4-29-19(28)17-11(2)12(3)32-18(17)23-16(27)10-31-21-25-24-20-26(21)15(9-30-20)13-5-7-14(22)8-6-13/h5-9H,4,10H2,1-3H3,(H,23,27). The zero-order valence-electron chi connectivity index (χ0n) is 17.5. The van der Waals surface area contributed by atoms with Gasteiger partial charge in [0.1, 0.15) is 5.00 Å². The third-order valence-corrected chi connectivity index (χ3v) is 7.83. The average molecular weight is 507 g/mol. The molecule has 0 saturated carbocycles. The fourth-order valence-corrected chi connectivity index (χ4v) is 5.90. The predicted molar refractivity (Wildman–Crippen MR) is 130 cm³/mol. The van der Waals surface area contributed by atoms with Gasteiger partial charge in [0.25, 0.3) is 0 Å². The van der Waals surface area contributed by atoms with Gasteiger partial charge in [0.15, 0.2) is 5.16 Å². The number of thiazole rings is 1. The van der Waals surface area contributed by atoms with Crippen LogP contribution in [0.1, 0.15) is 27.7 Å². The number of carbonyl (C=O) groups is 2. The number of aromatic nitrogens is 3. The van der Waals surface area contributed by atoms with Crippen LogP contribution < -0.4 is 5.32 Å². The summed E-state index contributed by atoms with van der Waals surface area (Å²) in [5, 5.41) is 15.1. The van der Waals surface area contributed by atoms with Crippen molar-refractivity contribution in [1.82, 2.24) is 14.6 Å². The van der Waals surface area contributed by atoms with E-state index in [1.807, 2.05) is 47.9 Å². The molecule has 0 atom stereocenters. The van der Waals surface area contributed by atoms with Crippen molar-refractivity contribution in [2.45, 2.75) is 25.9 Å². The maximum atomic E-state index is 12.7. The summed E-state index contributed by atoms with van der Waals surface area (Å²) in [6.45, 7) is 5.79. The van der Waals surface area contributed by atoms with E-state index in [2.05, 4.69) is 15.5 Å². The first-order valence-electron chi connectivity index (χ1n) is 9.67. The first-order valence-corrected chi connectivity index (χ1v) is 12.7. The summed E-state index contributed by atoms with van der Waals surface area (Å²) < 4.78 is 7.07. The van der Waals surface area contributed by atoms with Crippen LogP contribution in [0.5, 0.6) is 0 Å². The van der Waals surface area contributed by atoms with Crippen LogP contribution in [-0.2, 0) is 9.53 Å². The third-order valence-electron chi connectivity index (χ3n) is 4.71. The number of benzene rings is 1. The quantitative estimate of drug-likeness (QED) is 0.256. The zero-order valence-corrected chi connectivity index (χ0v) is 20.7. The van der Waals surface area contributed by atoms with E-state index in [1.165, 1.54) is 34.4 Å². The van der Waals surface area contributed by atoms with Gasteiger partial charge in [0, 0.05) is 15.3 Å². The van der Waals surface area contributed by atoms with E-state index in [0.717, 1.165) is 26.7 Å². The molecule has 0 bridgehead atoms. The maximum Gasteiger partial charge on any atom is 0.341 e. The number of halogens is 1. The van der Waals surface area contributed by atoms with Crippen molar-refractivity contribution in [2.24, 2.45) is 0 Å². The molecule has 4 aromatic rings. The Bertz CT molecular complexity index is 1290. The lowest BCUT2D eigenvalue weighted by Gasteiger charge is -2.07. The van der Waals surface area contributed by atoms with Gasteiger partial charge in [0.05, 0.1) is 23.6 Å². The van der Waals surface area contributed by atoms with E-state index in [-0.39, 0.29) is 18.3 Å². The minimum Gasteiger partial charge on any atom is -0.462 e. The van der Waals surface area contributed by atoms with Gasteiger partial charge in [-0.15, -0.1) is 32.9 Å². The fraction of sp³-hybridized carbons (Fsp3) is 0.238. The fourth-order valence-electron chi connectivity index (χ4n) is 3.07. The summed E-state index contributed by atoms with van der Waals surface area (Å²) in [5.41, 5.74) is 3.15. The number of hydrogen-bond donors (Lipinski definition) is 1. The van der Waals surface area contributed by atoms with Gasteiger partial charge in [-0.3, -0.25) is 9.20 Å². The largest absolute Gasteiger partial charge is 0.462 e. The van der Waals surface area contributed by atoms with Crippen molar-refractivity contribution >= 4 is 67.9 Å². The monoisotopic (exact) mass is 506 g/mol. The molecule has 0 aliphatic rings. The number of carbonyl (C=O) groups excluding carboxylic acids is 2. The molecular weight excluding hydrogens is 488 g/mol. The summed E-state index contributed by atoms with van der Waals surface area (Å²) in [4.78, 5) is 26.7. The summed E-state index contributed by atoms with van der Waals surface area (Å²) in [5.74, 6) is -0.543. The van der Waals surface area contributed by atoms with Crippen molar-refractivity contribution in [1.29, 1.82) is 0 Å². The van der Waals surface area contributed by atoms with Crippen LogP contribution in [0.2, 0.25) is 5.02 Å². The first-order chi connectivity index (χ1) is 15.4. The number of nitrogens with zero attached hydrogens (tertiary/aromatic N) is 3. The molecule has 166 valence electrons. The van der Waals surface area contributed by atoms with Crippen molar-refractivity contribution in [3.8, 4) is 11.3 Å². The van der Waals surface area contributed by atoms with Gasteiger partial charge in [-0.25, -0.2) is 4.79 Å². The summed E-state index contributed by atoms with van der Waals surface area (Å²) in [7, 11) is 0. The van der Waals surface area contributed by atoms with Crippen LogP contribution in [0.3, 0.4) is 0 Å². The molecule has 4 rings (SSSR count). The summed E-state index contributed by atoms with van der Waals surface area (Å²) in [6, 6.07) is 7.53. The second kappa shape index (κ2) is 9.62. The minimum absolute atomic E-state index is 0.120. The smallest absolute Gasteiger partial charge is 0.341 e. The molecule has 0 fully saturated rings. The number of fused-ring (bicyclic) bond motifs is 1. The normalized spacial score (nSPS) is 11.1.